The smallest absolute Gasteiger partial charge is 0.252 e. The van der Waals surface area contributed by atoms with Crippen molar-refractivity contribution in [3.63, 3.8) is 0 Å². The summed E-state index contributed by atoms with van der Waals surface area (Å²) in [6.45, 7) is 5.30. The molecule has 5 nitrogen and oxygen atoms in total. The highest BCUT2D eigenvalue weighted by atomic mass is 16.1. The highest BCUT2D eigenvalue weighted by Gasteiger charge is 2.12. The van der Waals surface area contributed by atoms with Crippen molar-refractivity contribution in [1.29, 1.82) is 0 Å². The third kappa shape index (κ3) is 5.49. The van der Waals surface area contributed by atoms with E-state index in [4.69, 9.17) is 0 Å². The van der Waals surface area contributed by atoms with Crippen molar-refractivity contribution in [3.8, 4) is 0 Å². The third-order valence-electron chi connectivity index (χ3n) is 2.37. The van der Waals surface area contributed by atoms with E-state index in [9.17, 15) is 4.79 Å². The van der Waals surface area contributed by atoms with Crippen molar-refractivity contribution in [2.45, 2.75) is 26.3 Å². The number of anilines is 1. The monoisotopic (exact) mass is 238 g/mol. The van der Waals surface area contributed by atoms with Gasteiger partial charge in [0.1, 0.15) is 5.82 Å². The van der Waals surface area contributed by atoms with Gasteiger partial charge in [-0.05, 0) is 26.4 Å². The zero-order chi connectivity index (χ0) is 12.8. The van der Waals surface area contributed by atoms with Gasteiger partial charge < -0.3 is 15.2 Å². The van der Waals surface area contributed by atoms with Crippen LogP contribution in [0.15, 0.2) is 17.2 Å². The Kier molecular flexibility index (Phi) is 5.15. The number of aromatic nitrogens is 2. The fourth-order valence-electron chi connectivity index (χ4n) is 1.85. The normalized spacial score (nSPS) is 13.1. The molecule has 1 aromatic heterocycles. The first kappa shape index (κ1) is 13.7. The van der Waals surface area contributed by atoms with Crippen molar-refractivity contribution in [2.75, 3.05) is 26.0 Å². The maximum Gasteiger partial charge on any atom is 0.252 e. The van der Waals surface area contributed by atoms with Gasteiger partial charge in [0, 0.05) is 18.7 Å². The largest absolute Gasteiger partial charge is 0.366 e. The summed E-state index contributed by atoms with van der Waals surface area (Å²) in [5.74, 6) is 1.25. The lowest BCUT2D eigenvalue weighted by Crippen LogP contribution is -2.34. The Morgan fingerprint density at radius 3 is 2.71 bits per heavy atom. The summed E-state index contributed by atoms with van der Waals surface area (Å²) in [6, 6.07) is 1.79. The molecule has 0 saturated carbocycles. The molecule has 0 aromatic carbocycles. The van der Waals surface area contributed by atoms with Crippen LogP contribution in [0.4, 0.5) is 5.82 Å². The Morgan fingerprint density at radius 2 is 2.18 bits per heavy atom. The lowest BCUT2D eigenvalue weighted by Gasteiger charge is -2.24. The number of hydrogen-bond acceptors (Lipinski definition) is 4. The van der Waals surface area contributed by atoms with Gasteiger partial charge in [0.25, 0.3) is 5.56 Å². The molecular weight excluding hydrogens is 216 g/mol. The minimum atomic E-state index is -0.129. The van der Waals surface area contributed by atoms with E-state index in [0.717, 1.165) is 13.0 Å². The van der Waals surface area contributed by atoms with Gasteiger partial charge in [-0.25, -0.2) is 4.98 Å². The van der Waals surface area contributed by atoms with E-state index in [0.29, 0.717) is 17.8 Å². The van der Waals surface area contributed by atoms with Gasteiger partial charge in [-0.2, -0.15) is 0 Å². The Hall–Kier alpha value is -1.36. The lowest BCUT2D eigenvalue weighted by atomic mass is 10.0. The van der Waals surface area contributed by atoms with Crippen molar-refractivity contribution in [3.05, 3.63) is 22.7 Å². The topological polar surface area (TPSA) is 61.0 Å². The Morgan fingerprint density at radius 1 is 1.47 bits per heavy atom. The number of nitrogens with zero attached hydrogens (tertiary/aromatic N) is 2. The Balaban J connectivity index is 2.67. The summed E-state index contributed by atoms with van der Waals surface area (Å²) in [5, 5.41) is 3.31. The SMILES string of the molecule is CC(C)CC(CN(C)C)Nc1cc(=O)[nH]cn1. The zero-order valence-electron chi connectivity index (χ0n) is 11.0. The molecule has 2 N–H and O–H groups in total. The molecule has 1 rings (SSSR count). The number of likely N-dealkylation sites (N-methyl/N-ethyl adjacent to an activating group) is 1. The Labute approximate surface area is 102 Å². The lowest BCUT2D eigenvalue weighted by molar-refractivity contribution is 0.356. The summed E-state index contributed by atoms with van der Waals surface area (Å²) in [7, 11) is 4.08. The number of nitrogens with one attached hydrogen (secondary N) is 2. The molecule has 0 fully saturated rings. The van der Waals surface area contributed by atoms with Gasteiger partial charge in [-0.3, -0.25) is 4.79 Å². The van der Waals surface area contributed by atoms with E-state index < -0.39 is 0 Å². The second-order valence-electron chi connectivity index (χ2n) is 5.03. The molecule has 1 unspecified atom stereocenters. The number of hydrogen-bond donors (Lipinski definition) is 2. The van der Waals surface area contributed by atoms with E-state index >= 15 is 0 Å². The molecule has 0 radical (unpaired) electrons. The first-order valence-corrected chi connectivity index (χ1v) is 5.93. The van der Waals surface area contributed by atoms with E-state index in [-0.39, 0.29) is 5.56 Å². The van der Waals surface area contributed by atoms with Crippen molar-refractivity contribution in [1.82, 2.24) is 14.9 Å². The van der Waals surface area contributed by atoms with Gasteiger partial charge in [-0.15, -0.1) is 0 Å². The predicted molar refractivity (Wildman–Crippen MR) is 70.3 cm³/mol. The molecule has 0 saturated heterocycles. The van der Waals surface area contributed by atoms with Gasteiger partial charge in [0.15, 0.2) is 0 Å². The molecule has 0 spiro atoms. The summed E-state index contributed by atoms with van der Waals surface area (Å²) in [5.41, 5.74) is -0.129. The molecule has 0 aliphatic heterocycles. The van der Waals surface area contributed by atoms with Crippen LogP contribution in [0, 0.1) is 5.92 Å². The minimum Gasteiger partial charge on any atom is -0.366 e. The average molecular weight is 238 g/mol. The minimum absolute atomic E-state index is 0.129. The molecule has 96 valence electrons. The predicted octanol–water partition coefficient (Wildman–Crippen LogP) is 1.16. The van der Waals surface area contributed by atoms with Crippen LogP contribution in [0.2, 0.25) is 0 Å². The van der Waals surface area contributed by atoms with Gasteiger partial charge >= 0.3 is 0 Å². The molecule has 0 aliphatic rings. The van der Waals surface area contributed by atoms with Crippen molar-refractivity contribution in [2.24, 2.45) is 5.92 Å². The molecule has 0 aliphatic carbocycles. The summed E-state index contributed by atoms with van der Waals surface area (Å²) >= 11 is 0. The van der Waals surface area contributed by atoms with Crippen LogP contribution in [-0.4, -0.2) is 41.5 Å². The molecule has 1 aromatic rings. The number of rotatable bonds is 6. The van der Waals surface area contributed by atoms with Gasteiger partial charge in [0.05, 0.1) is 6.33 Å². The third-order valence-corrected chi connectivity index (χ3v) is 2.37. The second-order valence-corrected chi connectivity index (χ2v) is 5.03. The number of aromatic amines is 1. The molecule has 1 heterocycles. The first-order chi connectivity index (χ1) is 7.97. The molecule has 0 bridgehead atoms. The fraction of sp³-hybridized carbons (Fsp3) is 0.667. The highest BCUT2D eigenvalue weighted by Crippen LogP contribution is 2.10. The quantitative estimate of drug-likeness (QED) is 0.780. The standard InChI is InChI=1S/C12H22N4O/c1-9(2)5-10(7-16(3)4)15-11-6-12(17)14-8-13-11/h6,8-10H,5,7H2,1-4H3,(H2,13,14,15,17). The summed E-state index contributed by atoms with van der Waals surface area (Å²) < 4.78 is 0. The van der Waals surface area contributed by atoms with E-state index in [2.05, 4.69) is 34.0 Å². The number of H-pyrrole nitrogens is 1. The van der Waals surface area contributed by atoms with Gasteiger partial charge in [0.2, 0.25) is 0 Å². The molecule has 1 atom stereocenters. The zero-order valence-corrected chi connectivity index (χ0v) is 11.0. The molecule has 5 heteroatoms. The average Bonchev–Trinajstić information content (AvgIpc) is 2.14. The molecular formula is C12H22N4O. The van der Waals surface area contributed by atoms with Crippen LogP contribution in [0.5, 0.6) is 0 Å². The van der Waals surface area contributed by atoms with E-state index in [1.165, 1.54) is 12.4 Å². The van der Waals surface area contributed by atoms with Gasteiger partial charge in [-0.1, -0.05) is 13.8 Å². The molecule has 0 amide bonds. The Bertz CT molecular complexity index is 376. The highest BCUT2D eigenvalue weighted by molar-refractivity contribution is 5.33. The maximum atomic E-state index is 11.2. The van der Waals surface area contributed by atoms with Crippen LogP contribution in [-0.2, 0) is 0 Å². The molecule has 17 heavy (non-hydrogen) atoms. The van der Waals surface area contributed by atoms with Crippen LogP contribution in [0.1, 0.15) is 20.3 Å². The van der Waals surface area contributed by atoms with Crippen LogP contribution >= 0.6 is 0 Å². The van der Waals surface area contributed by atoms with E-state index in [1.807, 2.05) is 14.1 Å². The second kappa shape index (κ2) is 6.39. The fourth-order valence-corrected chi connectivity index (χ4v) is 1.85. The van der Waals surface area contributed by atoms with Crippen LogP contribution in [0.3, 0.4) is 0 Å². The summed E-state index contributed by atoms with van der Waals surface area (Å²) in [4.78, 5) is 19.9. The van der Waals surface area contributed by atoms with E-state index in [1.54, 1.807) is 0 Å². The summed E-state index contributed by atoms with van der Waals surface area (Å²) in [6.07, 6.45) is 2.47. The van der Waals surface area contributed by atoms with Crippen molar-refractivity contribution < 1.29 is 0 Å². The van der Waals surface area contributed by atoms with Crippen molar-refractivity contribution >= 4 is 5.82 Å². The maximum absolute atomic E-state index is 11.2. The van der Waals surface area contributed by atoms with Crippen LogP contribution in [0.25, 0.3) is 0 Å². The first-order valence-electron chi connectivity index (χ1n) is 5.93. The van der Waals surface area contributed by atoms with Crippen LogP contribution < -0.4 is 10.9 Å².